The van der Waals surface area contributed by atoms with Crippen LogP contribution in [0, 0.1) is 0 Å². The van der Waals surface area contributed by atoms with Crippen molar-refractivity contribution in [3.63, 3.8) is 0 Å². The van der Waals surface area contributed by atoms with Gasteiger partial charge in [0.05, 0.1) is 6.20 Å². The van der Waals surface area contributed by atoms with Gasteiger partial charge in [-0.2, -0.15) is 28.6 Å². The van der Waals surface area contributed by atoms with Gasteiger partial charge < -0.3 is 11.1 Å². The van der Waals surface area contributed by atoms with E-state index >= 15 is 0 Å². The maximum Gasteiger partial charge on any atom is 0.241 e. The topological polar surface area (TPSA) is 72.9 Å². The summed E-state index contributed by atoms with van der Waals surface area (Å²) in [5.74, 6) is 3.36. The highest BCUT2D eigenvalue weighted by Crippen LogP contribution is 2.23. The average Bonchev–Trinajstić information content (AvgIpc) is 2.83. The SMILES string of the molecule is Cn1cc(C(N)C(=O)NCC2CSCCS2)cn1. The molecule has 2 atom stereocenters. The molecule has 0 saturated carbocycles. The zero-order valence-corrected chi connectivity index (χ0v) is 12.0. The second kappa shape index (κ2) is 6.49. The normalized spacial score (nSPS) is 21.6. The van der Waals surface area contributed by atoms with Crippen molar-refractivity contribution in [1.29, 1.82) is 0 Å². The van der Waals surface area contributed by atoms with Crippen LogP contribution in [0.4, 0.5) is 0 Å². The van der Waals surface area contributed by atoms with Gasteiger partial charge in [0, 0.05) is 47.9 Å². The molecule has 3 N–H and O–H groups in total. The Morgan fingerprint density at radius 2 is 2.56 bits per heavy atom. The first-order valence-corrected chi connectivity index (χ1v) is 8.08. The second-order valence-electron chi connectivity index (χ2n) is 4.24. The third kappa shape index (κ3) is 3.66. The van der Waals surface area contributed by atoms with Crippen LogP contribution in [0.25, 0.3) is 0 Å². The molecule has 100 valence electrons. The minimum atomic E-state index is -0.625. The number of nitrogens with two attached hydrogens (primary N) is 1. The zero-order valence-electron chi connectivity index (χ0n) is 10.3. The van der Waals surface area contributed by atoms with E-state index in [4.69, 9.17) is 5.73 Å². The van der Waals surface area contributed by atoms with Gasteiger partial charge in [0.15, 0.2) is 0 Å². The smallest absolute Gasteiger partial charge is 0.241 e. The van der Waals surface area contributed by atoms with E-state index in [-0.39, 0.29) is 5.91 Å². The summed E-state index contributed by atoms with van der Waals surface area (Å²) in [5.41, 5.74) is 6.64. The van der Waals surface area contributed by atoms with Crippen molar-refractivity contribution in [2.24, 2.45) is 12.8 Å². The molecule has 1 amide bonds. The Balaban J connectivity index is 1.80. The molecule has 2 unspecified atom stereocenters. The van der Waals surface area contributed by atoms with Gasteiger partial charge in [-0.1, -0.05) is 0 Å². The fraction of sp³-hybridized carbons (Fsp3) is 0.636. The molecule has 1 aromatic heterocycles. The summed E-state index contributed by atoms with van der Waals surface area (Å²) in [4.78, 5) is 11.9. The Bertz CT molecular complexity index is 404. The van der Waals surface area contributed by atoms with Crippen LogP contribution in [0.2, 0.25) is 0 Å². The lowest BCUT2D eigenvalue weighted by molar-refractivity contribution is -0.122. The number of rotatable bonds is 4. The maximum absolute atomic E-state index is 11.9. The fourth-order valence-electron chi connectivity index (χ4n) is 1.73. The first kappa shape index (κ1) is 13.8. The number of nitrogens with zero attached hydrogens (tertiary/aromatic N) is 2. The number of aryl methyl sites for hydroxylation is 1. The Morgan fingerprint density at radius 1 is 1.72 bits per heavy atom. The Hall–Kier alpha value is -0.660. The molecule has 7 heteroatoms. The van der Waals surface area contributed by atoms with Gasteiger partial charge in [-0.15, -0.1) is 0 Å². The lowest BCUT2D eigenvalue weighted by atomic mass is 10.1. The number of hydrogen-bond donors (Lipinski definition) is 2. The fourth-order valence-corrected chi connectivity index (χ4v) is 4.34. The highest BCUT2D eigenvalue weighted by Gasteiger charge is 2.20. The standard InChI is InChI=1S/C11H18N4OS2/c1-15-6-8(4-14-15)10(12)11(16)13-5-9-7-17-2-3-18-9/h4,6,9-10H,2-3,5,7,12H2,1H3,(H,13,16). The zero-order chi connectivity index (χ0) is 13.0. The summed E-state index contributed by atoms with van der Waals surface area (Å²) in [6, 6.07) is -0.625. The molecule has 0 bridgehead atoms. The molecule has 0 aromatic carbocycles. The molecule has 1 aliphatic heterocycles. The van der Waals surface area contributed by atoms with Gasteiger partial charge in [0.25, 0.3) is 0 Å². The van der Waals surface area contributed by atoms with E-state index in [9.17, 15) is 4.79 Å². The van der Waals surface area contributed by atoms with E-state index in [0.29, 0.717) is 11.8 Å². The van der Waals surface area contributed by atoms with Gasteiger partial charge >= 0.3 is 0 Å². The van der Waals surface area contributed by atoms with Crippen molar-refractivity contribution in [1.82, 2.24) is 15.1 Å². The predicted octanol–water partition coefficient (Wildman–Crippen LogP) is 0.385. The molecule has 0 spiro atoms. The van der Waals surface area contributed by atoms with Crippen molar-refractivity contribution in [2.75, 3.05) is 23.8 Å². The highest BCUT2D eigenvalue weighted by atomic mass is 32.2. The lowest BCUT2D eigenvalue weighted by Gasteiger charge is -2.21. The van der Waals surface area contributed by atoms with Crippen molar-refractivity contribution >= 4 is 29.4 Å². The van der Waals surface area contributed by atoms with Crippen LogP contribution >= 0.6 is 23.5 Å². The molecule has 1 fully saturated rings. The molecule has 1 saturated heterocycles. The largest absolute Gasteiger partial charge is 0.353 e. The van der Waals surface area contributed by atoms with E-state index in [1.165, 1.54) is 11.5 Å². The predicted molar refractivity (Wildman–Crippen MR) is 76.7 cm³/mol. The molecule has 0 aliphatic carbocycles. The monoisotopic (exact) mass is 286 g/mol. The summed E-state index contributed by atoms with van der Waals surface area (Å²) < 4.78 is 1.65. The average molecular weight is 286 g/mol. The van der Waals surface area contributed by atoms with Crippen LogP contribution in [-0.4, -0.2) is 44.7 Å². The van der Waals surface area contributed by atoms with Crippen LogP contribution < -0.4 is 11.1 Å². The van der Waals surface area contributed by atoms with Crippen LogP contribution in [0.15, 0.2) is 12.4 Å². The summed E-state index contributed by atoms with van der Waals surface area (Å²) in [7, 11) is 1.81. The van der Waals surface area contributed by atoms with Gasteiger partial charge in [-0.25, -0.2) is 0 Å². The third-order valence-electron chi connectivity index (χ3n) is 2.76. The minimum Gasteiger partial charge on any atom is -0.353 e. The van der Waals surface area contributed by atoms with Crippen molar-refractivity contribution < 1.29 is 4.79 Å². The van der Waals surface area contributed by atoms with E-state index in [0.717, 1.165) is 11.3 Å². The summed E-state index contributed by atoms with van der Waals surface area (Å²) in [5, 5.41) is 7.45. The number of carbonyl (C=O) groups is 1. The van der Waals surface area contributed by atoms with Crippen molar-refractivity contribution in [3.05, 3.63) is 18.0 Å². The number of thioether (sulfide) groups is 2. The molecule has 2 rings (SSSR count). The maximum atomic E-state index is 11.9. The number of nitrogens with one attached hydrogen (secondary N) is 1. The molecule has 1 aromatic rings. The van der Waals surface area contributed by atoms with Crippen LogP contribution in [-0.2, 0) is 11.8 Å². The number of hydrogen-bond acceptors (Lipinski definition) is 5. The summed E-state index contributed by atoms with van der Waals surface area (Å²) in [6.07, 6.45) is 3.41. The molecule has 18 heavy (non-hydrogen) atoms. The number of aromatic nitrogens is 2. The first-order valence-electron chi connectivity index (χ1n) is 5.88. The molecule has 5 nitrogen and oxygen atoms in total. The van der Waals surface area contributed by atoms with E-state index in [1.807, 2.05) is 30.6 Å². The quantitative estimate of drug-likeness (QED) is 0.837. The van der Waals surface area contributed by atoms with E-state index in [2.05, 4.69) is 10.4 Å². The Kier molecular flexibility index (Phi) is 4.96. The molecule has 1 aliphatic rings. The third-order valence-corrected chi connectivity index (χ3v) is 5.60. The number of carbonyl (C=O) groups excluding carboxylic acids is 1. The van der Waals surface area contributed by atoms with Gasteiger partial charge in [0.2, 0.25) is 5.91 Å². The van der Waals surface area contributed by atoms with Gasteiger partial charge in [-0.05, 0) is 0 Å². The second-order valence-corrected chi connectivity index (χ2v) is 6.80. The van der Waals surface area contributed by atoms with Crippen molar-refractivity contribution in [3.8, 4) is 0 Å². The summed E-state index contributed by atoms with van der Waals surface area (Å²) in [6.45, 7) is 0.699. The summed E-state index contributed by atoms with van der Waals surface area (Å²) >= 11 is 3.87. The van der Waals surface area contributed by atoms with Crippen LogP contribution in [0.3, 0.4) is 0 Å². The van der Waals surface area contributed by atoms with Crippen LogP contribution in [0.1, 0.15) is 11.6 Å². The van der Waals surface area contributed by atoms with Crippen molar-refractivity contribution in [2.45, 2.75) is 11.3 Å². The Labute approximate surface area is 115 Å². The molecular weight excluding hydrogens is 268 g/mol. The Morgan fingerprint density at radius 3 is 3.17 bits per heavy atom. The van der Waals surface area contributed by atoms with Crippen LogP contribution in [0.5, 0.6) is 0 Å². The highest BCUT2D eigenvalue weighted by molar-refractivity contribution is 8.06. The molecule has 0 radical (unpaired) electrons. The first-order chi connectivity index (χ1) is 8.66. The number of amides is 1. The minimum absolute atomic E-state index is 0.126. The lowest BCUT2D eigenvalue weighted by Crippen LogP contribution is -2.39. The van der Waals surface area contributed by atoms with E-state index < -0.39 is 6.04 Å². The van der Waals surface area contributed by atoms with Gasteiger partial charge in [-0.3, -0.25) is 9.48 Å². The van der Waals surface area contributed by atoms with Gasteiger partial charge in [0.1, 0.15) is 6.04 Å². The molecular formula is C11H18N4OS2. The molecule has 2 heterocycles. The van der Waals surface area contributed by atoms with E-state index in [1.54, 1.807) is 17.1 Å².